The quantitative estimate of drug-likeness (QED) is 0.162. The molecule has 13 aromatic rings. The highest BCUT2D eigenvalue weighted by Gasteiger charge is 2.29. The van der Waals surface area contributed by atoms with Crippen LogP contribution in [0, 0.1) is 0 Å². The van der Waals surface area contributed by atoms with Gasteiger partial charge < -0.3 is 9.80 Å². The summed E-state index contributed by atoms with van der Waals surface area (Å²) in [6, 6.07) is 81.8. The van der Waals surface area contributed by atoms with Crippen molar-refractivity contribution in [1.29, 1.82) is 0 Å². The molecule has 0 N–H and O–H groups in total. The lowest BCUT2D eigenvalue weighted by molar-refractivity contribution is 1.17. The molecule has 15 rings (SSSR count). The number of benzene rings is 11. The smallest absolute Gasteiger partial charge is 0.0601 e. The molecule has 4 heterocycles. The van der Waals surface area contributed by atoms with Crippen molar-refractivity contribution in [2.45, 2.75) is 19.6 Å². The number of hydrogen-bond donors (Lipinski definition) is 0. The lowest BCUT2D eigenvalue weighted by Gasteiger charge is -2.34. The van der Waals surface area contributed by atoms with Gasteiger partial charge in [-0.3, -0.25) is 0 Å². The summed E-state index contributed by atoms with van der Waals surface area (Å²) in [6.45, 7) is 0. The molecule has 2 aliphatic heterocycles. The van der Waals surface area contributed by atoms with E-state index in [0.29, 0.717) is 0 Å². The number of para-hydroxylation sites is 4. The van der Waals surface area contributed by atoms with Gasteiger partial charge in [0.15, 0.2) is 0 Å². The van der Waals surface area contributed by atoms with Crippen molar-refractivity contribution >= 4 is 142 Å². The first-order chi connectivity index (χ1) is 33.7. The van der Waals surface area contributed by atoms with Crippen LogP contribution in [0.5, 0.6) is 0 Å². The van der Waals surface area contributed by atoms with Crippen molar-refractivity contribution in [1.82, 2.24) is 0 Å². The first-order valence-electron chi connectivity index (χ1n) is 22.9. The first kappa shape index (κ1) is 38.8. The molecule has 0 amide bonds. The summed E-state index contributed by atoms with van der Waals surface area (Å²) < 4.78 is 5.20. The lowest BCUT2D eigenvalue weighted by Crippen LogP contribution is -2.15. The van der Waals surface area contributed by atoms with Crippen LogP contribution in [-0.4, -0.2) is 0 Å². The molecule has 2 nitrogen and oxygen atoms in total. The molecule has 0 saturated carbocycles. The second-order valence-electron chi connectivity index (χ2n) is 17.5. The number of hydrogen-bond acceptors (Lipinski definition) is 6. The molecule has 2 aliphatic rings. The molecule has 6 heteroatoms. The Morgan fingerprint density at radius 2 is 0.618 bits per heavy atom. The van der Waals surface area contributed by atoms with Crippen molar-refractivity contribution in [3.05, 3.63) is 218 Å². The van der Waals surface area contributed by atoms with Crippen LogP contribution in [0.4, 0.5) is 34.1 Å². The Morgan fingerprint density at radius 1 is 0.265 bits per heavy atom. The second-order valence-corrected chi connectivity index (χ2v) is 21.8. The number of nitrogens with zero attached hydrogens (tertiary/aromatic N) is 2. The first-order valence-corrected chi connectivity index (χ1v) is 26.2. The van der Waals surface area contributed by atoms with Gasteiger partial charge in [0.05, 0.1) is 22.7 Å². The zero-order valence-corrected chi connectivity index (χ0v) is 39.6. The minimum absolute atomic E-state index is 1.14. The topological polar surface area (TPSA) is 6.48 Å². The van der Waals surface area contributed by atoms with Gasteiger partial charge in [-0.05, 0) is 141 Å². The van der Waals surface area contributed by atoms with E-state index in [1.165, 1.54) is 126 Å². The van der Waals surface area contributed by atoms with E-state index < -0.39 is 0 Å². The molecule has 0 spiro atoms. The maximum Gasteiger partial charge on any atom is 0.0601 e. The van der Waals surface area contributed by atoms with Crippen LogP contribution in [0.15, 0.2) is 238 Å². The molecule has 0 fully saturated rings. The van der Waals surface area contributed by atoms with E-state index >= 15 is 0 Å². The lowest BCUT2D eigenvalue weighted by atomic mass is 9.83. The largest absolute Gasteiger partial charge is 0.308 e. The van der Waals surface area contributed by atoms with E-state index in [-0.39, 0.29) is 0 Å². The van der Waals surface area contributed by atoms with Crippen LogP contribution < -0.4 is 9.80 Å². The molecule has 0 radical (unpaired) electrons. The Labute approximate surface area is 409 Å². The maximum absolute atomic E-state index is 2.50. The third-order valence-electron chi connectivity index (χ3n) is 13.8. The van der Waals surface area contributed by atoms with Gasteiger partial charge >= 0.3 is 0 Å². The predicted molar refractivity (Wildman–Crippen MR) is 296 cm³/mol. The number of anilines is 6. The minimum atomic E-state index is 1.14. The van der Waals surface area contributed by atoms with Crippen LogP contribution in [-0.2, 0) is 0 Å². The Balaban J connectivity index is 1.12. The Morgan fingerprint density at radius 3 is 1.03 bits per heavy atom. The van der Waals surface area contributed by atoms with E-state index in [0.717, 1.165) is 11.4 Å². The highest BCUT2D eigenvalue weighted by atomic mass is 32.2. The molecule has 2 aromatic heterocycles. The van der Waals surface area contributed by atoms with Gasteiger partial charge in [0, 0.05) is 71.3 Å². The summed E-state index contributed by atoms with van der Waals surface area (Å²) in [5.74, 6) is 0. The third-order valence-corrected chi connectivity index (χ3v) is 18.3. The normalized spacial score (nSPS) is 13.1. The van der Waals surface area contributed by atoms with Gasteiger partial charge in [-0.15, -0.1) is 22.7 Å². The summed E-state index contributed by atoms with van der Waals surface area (Å²) in [5.41, 5.74) is 12.1. The van der Waals surface area contributed by atoms with Crippen molar-refractivity contribution in [3.8, 4) is 22.3 Å². The Hall–Kier alpha value is -7.32. The van der Waals surface area contributed by atoms with Gasteiger partial charge in [-0.2, -0.15) is 0 Å². The summed E-state index contributed by atoms with van der Waals surface area (Å²) in [7, 11) is 0. The fraction of sp³-hybridized carbons (Fsp3) is 0. The van der Waals surface area contributed by atoms with Gasteiger partial charge in [0.2, 0.25) is 0 Å². The summed E-state index contributed by atoms with van der Waals surface area (Å²) in [4.78, 5) is 9.97. The molecule has 0 atom stereocenters. The van der Waals surface area contributed by atoms with Crippen LogP contribution >= 0.6 is 46.2 Å². The molecule has 0 saturated heterocycles. The van der Waals surface area contributed by atoms with Crippen LogP contribution in [0.3, 0.4) is 0 Å². The molecular weight excluding hydrogens is 901 g/mol. The number of rotatable bonds is 4. The minimum Gasteiger partial charge on any atom is -0.308 e. The highest BCUT2D eigenvalue weighted by Crippen LogP contribution is 2.57. The van der Waals surface area contributed by atoms with Crippen molar-refractivity contribution in [2.75, 3.05) is 9.80 Å². The van der Waals surface area contributed by atoms with E-state index in [1.807, 2.05) is 46.2 Å². The maximum atomic E-state index is 2.50. The Bertz CT molecular complexity index is 3890. The van der Waals surface area contributed by atoms with E-state index in [9.17, 15) is 0 Å². The van der Waals surface area contributed by atoms with E-state index in [2.05, 4.69) is 228 Å². The average Bonchev–Trinajstić information content (AvgIpc) is 3.98. The molecular formula is C62H36N2S4. The van der Waals surface area contributed by atoms with Crippen molar-refractivity contribution in [3.63, 3.8) is 0 Å². The fourth-order valence-corrected chi connectivity index (χ4v) is 15.4. The van der Waals surface area contributed by atoms with Crippen molar-refractivity contribution in [2.24, 2.45) is 0 Å². The zero-order valence-electron chi connectivity index (χ0n) is 36.3. The van der Waals surface area contributed by atoms with E-state index in [4.69, 9.17) is 0 Å². The number of fused-ring (bicyclic) bond motifs is 12. The van der Waals surface area contributed by atoms with Crippen LogP contribution in [0.2, 0.25) is 0 Å². The van der Waals surface area contributed by atoms with Gasteiger partial charge in [-0.25, -0.2) is 0 Å². The van der Waals surface area contributed by atoms with Crippen molar-refractivity contribution < 1.29 is 0 Å². The monoisotopic (exact) mass is 936 g/mol. The van der Waals surface area contributed by atoms with Gasteiger partial charge in [0.1, 0.15) is 0 Å². The molecule has 68 heavy (non-hydrogen) atoms. The molecule has 11 aromatic carbocycles. The summed E-state index contributed by atoms with van der Waals surface area (Å²) >= 11 is 7.48. The molecule has 0 unspecified atom stereocenters. The third kappa shape index (κ3) is 5.72. The molecule has 0 bridgehead atoms. The standard InChI is InChI=1S/C62H36N2S4/c1-7-23-51-41(15-1)61-43(17-13-29-57(61)65-51)59-39-33-31-38(64-49-21-5-11-27-55(49)68-56-28-12-6-22-50(56)64)36-46(39)60(44-18-14-30-58-62(44)42-16-2-8-24-52(42)66-58)40-34-32-37(35-45(40)59)63-47-19-3-9-25-53(47)67-54-26-10-4-20-48(54)63/h1-36H. The zero-order chi connectivity index (χ0) is 44.5. The fourth-order valence-electron chi connectivity index (χ4n) is 11.0. The predicted octanol–water partition coefficient (Wildman–Crippen LogP) is 19.9. The Kier molecular flexibility index (Phi) is 8.60. The van der Waals surface area contributed by atoms with Crippen LogP contribution in [0.1, 0.15) is 0 Å². The average molecular weight is 937 g/mol. The summed E-state index contributed by atoms with van der Waals surface area (Å²) in [5, 5.41) is 10.1. The number of thiophene rings is 2. The van der Waals surface area contributed by atoms with Gasteiger partial charge in [0.25, 0.3) is 0 Å². The second kappa shape index (κ2) is 15.1. The molecule has 0 aliphatic carbocycles. The SMILES string of the molecule is c1ccc2c(c1)Sc1ccccc1N2c1ccc2c(-c3cccc4sc5ccccc5c34)c3cc(N4c5ccccc5Sc5ccccc54)ccc3c(-c3cccc4sc5ccccc5c34)c2c1. The van der Waals surface area contributed by atoms with Crippen LogP contribution in [0.25, 0.3) is 84.1 Å². The summed E-state index contributed by atoms with van der Waals surface area (Å²) in [6.07, 6.45) is 0. The molecule has 318 valence electrons. The van der Waals surface area contributed by atoms with Gasteiger partial charge in [-0.1, -0.05) is 145 Å². The van der Waals surface area contributed by atoms with E-state index in [1.54, 1.807) is 0 Å². The highest BCUT2D eigenvalue weighted by molar-refractivity contribution is 8.00.